The summed E-state index contributed by atoms with van der Waals surface area (Å²) in [6, 6.07) is 18.0. The van der Waals surface area contributed by atoms with E-state index < -0.39 is 12.1 Å². The highest BCUT2D eigenvalue weighted by atomic mass is 16.6. The number of aromatic nitrogens is 1. The van der Waals surface area contributed by atoms with Gasteiger partial charge < -0.3 is 14.2 Å². The van der Waals surface area contributed by atoms with Crippen molar-refractivity contribution in [3.63, 3.8) is 0 Å². The summed E-state index contributed by atoms with van der Waals surface area (Å²) >= 11 is 0. The van der Waals surface area contributed by atoms with E-state index >= 15 is 0 Å². The van der Waals surface area contributed by atoms with Crippen LogP contribution in [0.5, 0.6) is 5.88 Å². The van der Waals surface area contributed by atoms with Gasteiger partial charge in [0.25, 0.3) is 0 Å². The van der Waals surface area contributed by atoms with Crippen molar-refractivity contribution >= 4 is 16.7 Å². The lowest BCUT2D eigenvalue weighted by molar-refractivity contribution is -0.156. The molecule has 1 aromatic heterocycles. The number of carbonyl (C=O) groups excluding carboxylic acids is 1. The lowest BCUT2D eigenvalue weighted by Crippen LogP contribution is -2.19. The Kier molecular flexibility index (Phi) is 6.61. The molecule has 1 atom stereocenters. The number of benzene rings is 2. The molecule has 0 aliphatic heterocycles. The van der Waals surface area contributed by atoms with E-state index in [1.54, 1.807) is 0 Å². The van der Waals surface area contributed by atoms with Crippen LogP contribution in [0.4, 0.5) is 0 Å². The second-order valence-electron chi connectivity index (χ2n) is 6.49. The van der Waals surface area contributed by atoms with E-state index in [2.05, 4.69) is 29.2 Å². The second-order valence-corrected chi connectivity index (χ2v) is 6.49. The molecule has 0 N–H and O–H groups in total. The summed E-state index contributed by atoms with van der Waals surface area (Å²) in [5.74, 6) is -0.0838. The van der Waals surface area contributed by atoms with Crippen molar-refractivity contribution in [3.8, 4) is 17.1 Å². The van der Waals surface area contributed by atoms with Crippen LogP contribution in [0.15, 0.2) is 54.6 Å². The molecule has 5 nitrogen and oxygen atoms in total. The maximum Gasteiger partial charge on any atom is 0.340 e. The minimum Gasteiger partial charge on any atom is -0.481 e. The van der Waals surface area contributed by atoms with Gasteiger partial charge in [-0.2, -0.15) is 0 Å². The molecule has 2 aromatic carbocycles. The Labute approximate surface area is 165 Å². The number of ether oxygens (including phenoxy) is 3. The van der Waals surface area contributed by atoms with Crippen molar-refractivity contribution in [2.75, 3.05) is 20.8 Å². The van der Waals surface area contributed by atoms with Crippen LogP contribution in [0.25, 0.3) is 22.0 Å². The Morgan fingerprint density at radius 1 is 1.04 bits per heavy atom. The van der Waals surface area contributed by atoms with Gasteiger partial charge in [-0.05, 0) is 35.4 Å². The van der Waals surface area contributed by atoms with Gasteiger partial charge in [0, 0.05) is 12.7 Å². The molecule has 0 spiro atoms. The monoisotopic (exact) mass is 379 g/mol. The van der Waals surface area contributed by atoms with Crippen molar-refractivity contribution in [3.05, 3.63) is 60.2 Å². The van der Waals surface area contributed by atoms with Crippen molar-refractivity contribution in [1.82, 2.24) is 4.98 Å². The standard InChI is InChI=1S/C23H25NO4/c1-4-5-14-28-23(25)21(26-2)19-12-13-20(24-22(19)27-3)18-11-10-16-8-6-7-9-17(16)15-18/h6-13,15,21H,4-5,14H2,1-3H3. The molecule has 0 saturated heterocycles. The van der Waals surface area contributed by atoms with Crippen molar-refractivity contribution in [2.24, 2.45) is 0 Å². The van der Waals surface area contributed by atoms with E-state index in [0.29, 0.717) is 18.1 Å². The van der Waals surface area contributed by atoms with Crippen molar-refractivity contribution < 1.29 is 19.0 Å². The summed E-state index contributed by atoms with van der Waals surface area (Å²) in [5.41, 5.74) is 2.29. The van der Waals surface area contributed by atoms with E-state index in [4.69, 9.17) is 14.2 Å². The zero-order chi connectivity index (χ0) is 19.9. The maximum absolute atomic E-state index is 12.4. The fraction of sp³-hybridized carbons (Fsp3) is 0.304. The summed E-state index contributed by atoms with van der Waals surface area (Å²) in [4.78, 5) is 17.0. The van der Waals surface area contributed by atoms with E-state index in [1.807, 2.05) is 37.3 Å². The fourth-order valence-electron chi connectivity index (χ4n) is 3.07. The Bertz CT molecular complexity index is 954. The predicted molar refractivity (Wildman–Crippen MR) is 109 cm³/mol. The van der Waals surface area contributed by atoms with Gasteiger partial charge in [0.05, 0.1) is 25.0 Å². The van der Waals surface area contributed by atoms with Gasteiger partial charge in [0.1, 0.15) is 0 Å². The molecule has 1 unspecified atom stereocenters. The first-order chi connectivity index (χ1) is 13.7. The smallest absolute Gasteiger partial charge is 0.340 e. The zero-order valence-corrected chi connectivity index (χ0v) is 16.5. The van der Waals surface area contributed by atoms with Gasteiger partial charge in [-0.1, -0.05) is 49.7 Å². The molecule has 1 heterocycles. The van der Waals surface area contributed by atoms with Crippen LogP contribution in [0, 0.1) is 0 Å². The lowest BCUT2D eigenvalue weighted by Gasteiger charge is -2.17. The number of fused-ring (bicyclic) bond motifs is 1. The molecule has 3 rings (SSSR count). The molecule has 0 aliphatic rings. The Morgan fingerprint density at radius 2 is 1.82 bits per heavy atom. The van der Waals surface area contributed by atoms with Gasteiger partial charge in [-0.25, -0.2) is 9.78 Å². The topological polar surface area (TPSA) is 57.7 Å². The largest absolute Gasteiger partial charge is 0.481 e. The molecule has 28 heavy (non-hydrogen) atoms. The van der Waals surface area contributed by atoms with Crippen LogP contribution in [0.3, 0.4) is 0 Å². The molecule has 0 fully saturated rings. The van der Waals surface area contributed by atoms with Crippen LogP contribution < -0.4 is 4.74 Å². The molecule has 0 bridgehead atoms. The van der Waals surface area contributed by atoms with Crippen LogP contribution in [-0.2, 0) is 14.3 Å². The number of hydrogen-bond donors (Lipinski definition) is 0. The highest BCUT2D eigenvalue weighted by molar-refractivity contribution is 5.87. The molecule has 0 aliphatic carbocycles. The van der Waals surface area contributed by atoms with Gasteiger partial charge in [-0.15, -0.1) is 0 Å². The van der Waals surface area contributed by atoms with Gasteiger partial charge in [-0.3, -0.25) is 0 Å². The molecule has 146 valence electrons. The highest BCUT2D eigenvalue weighted by Gasteiger charge is 2.26. The first kappa shape index (κ1) is 19.8. The fourth-order valence-corrected chi connectivity index (χ4v) is 3.07. The number of pyridine rings is 1. The quantitative estimate of drug-likeness (QED) is 0.410. The maximum atomic E-state index is 12.4. The third-order valence-electron chi connectivity index (χ3n) is 4.60. The van der Waals surface area contributed by atoms with E-state index in [-0.39, 0.29) is 0 Å². The van der Waals surface area contributed by atoms with Gasteiger partial charge in [0.15, 0.2) is 6.10 Å². The van der Waals surface area contributed by atoms with Gasteiger partial charge >= 0.3 is 5.97 Å². The molecule has 5 heteroatoms. The van der Waals surface area contributed by atoms with Crippen molar-refractivity contribution in [1.29, 1.82) is 0 Å². The first-order valence-electron chi connectivity index (χ1n) is 9.41. The predicted octanol–water partition coefficient (Wildman–Crippen LogP) is 4.94. The summed E-state index contributed by atoms with van der Waals surface area (Å²) in [6.45, 7) is 2.42. The Hall–Kier alpha value is -2.92. The van der Waals surface area contributed by atoms with Gasteiger partial charge in [0.2, 0.25) is 5.88 Å². The normalized spacial score (nSPS) is 12.0. The minimum atomic E-state index is -0.870. The van der Waals surface area contributed by atoms with Crippen LogP contribution in [0.1, 0.15) is 31.4 Å². The molecule has 3 aromatic rings. The lowest BCUT2D eigenvalue weighted by atomic mass is 10.0. The average molecular weight is 379 g/mol. The summed E-state index contributed by atoms with van der Waals surface area (Å²) < 4.78 is 16.1. The molecule has 0 amide bonds. The number of hydrogen-bond acceptors (Lipinski definition) is 5. The second kappa shape index (κ2) is 9.33. The van der Waals surface area contributed by atoms with Crippen molar-refractivity contribution in [2.45, 2.75) is 25.9 Å². The zero-order valence-electron chi connectivity index (χ0n) is 16.5. The molecule has 0 saturated carbocycles. The van der Waals surface area contributed by atoms with Crippen LogP contribution >= 0.6 is 0 Å². The number of nitrogens with zero attached hydrogens (tertiary/aromatic N) is 1. The number of carbonyl (C=O) groups is 1. The SMILES string of the molecule is CCCCOC(=O)C(OC)c1ccc(-c2ccc3ccccc3c2)nc1OC. The summed E-state index contributed by atoms with van der Waals surface area (Å²) in [5, 5.41) is 2.31. The van der Waals surface area contributed by atoms with Crippen LogP contribution in [0.2, 0.25) is 0 Å². The third-order valence-corrected chi connectivity index (χ3v) is 4.60. The summed E-state index contributed by atoms with van der Waals surface area (Å²) in [6.07, 6.45) is 0.902. The number of esters is 1. The molecular weight excluding hydrogens is 354 g/mol. The summed E-state index contributed by atoms with van der Waals surface area (Å²) in [7, 11) is 3.01. The van der Waals surface area contributed by atoms with E-state index in [9.17, 15) is 4.79 Å². The van der Waals surface area contributed by atoms with Crippen LogP contribution in [-0.4, -0.2) is 31.8 Å². The highest BCUT2D eigenvalue weighted by Crippen LogP contribution is 2.31. The average Bonchev–Trinajstić information content (AvgIpc) is 2.74. The Morgan fingerprint density at radius 3 is 2.54 bits per heavy atom. The number of methoxy groups -OCH3 is 2. The number of unbranched alkanes of at least 4 members (excludes halogenated alkanes) is 1. The first-order valence-corrected chi connectivity index (χ1v) is 9.41. The molecular formula is C23H25NO4. The minimum absolute atomic E-state index is 0.352. The third kappa shape index (κ3) is 4.31. The number of rotatable bonds is 8. The van der Waals surface area contributed by atoms with E-state index in [1.165, 1.54) is 19.6 Å². The molecule has 0 radical (unpaired) electrons. The Balaban J connectivity index is 1.91. The van der Waals surface area contributed by atoms with E-state index in [0.717, 1.165) is 29.5 Å².